The minimum atomic E-state index is -0.475. The van der Waals surface area contributed by atoms with E-state index in [2.05, 4.69) is 212 Å². The van der Waals surface area contributed by atoms with Gasteiger partial charge in [0.15, 0.2) is 11.2 Å². The zero-order valence-corrected chi connectivity index (χ0v) is 46.4. The SMILES string of the molecule is CCCCCCc1cc(N(c2ccc(N(c3ccc(B4OC(C)(C)C(C)(C)O4)c(CCCCCC)c3)c3cccc4c3oc3ccccc34)cc2)c2cccc3c2oc2ccccc23)ccc1B1OC(C)(C)C(C)(C)O1. The van der Waals surface area contributed by atoms with Crippen LogP contribution in [0.5, 0.6) is 0 Å². The van der Waals surface area contributed by atoms with Crippen molar-refractivity contribution < 1.29 is 27.5 Å². The Balaban J connectivity index is 1.07. The van der Waals surface area contributed by atoms with Gasteiger partial charge in [-0.25, -0.2) is 0 Å². The van der Waals surface area contributed by atoms with E-state index < -0.39 is 36.6 Å². The average Bonchev–Trinajstić information content (AvgIpc) is 4.14. The van der Waals surface area contributed by atoms with Crippen LogP contribution in [0.1, 0.15) is 132 Å². The first-order valence-electron chi connectivity index (χ1n) is 28.1. The lowest BCUT2D eigenvalue weighted by Gasteiger charge is -2.32. The first kappa shape index (κ1) is 51.8. The molecule has 10 heteroatoms. The quantitative estimate of drug-likeness (QED) is 0.0622. The van der Waals surface area contributed by atoms with Crippen molar-refractivity contribution in [2.75, 3.05) is 9.80 Å². The molecule has 76 heavy (non-hydrogen) atoms. The number of aryl methyl sites for hydroxylation is 2. The van der Waals surface area contributed by atoms with E-state index in [4.69, 9.17) is 27.5 Å². The lowest BCUT2D eigenvalue weighted by molar-refractivity contribution is 0.00578. The highest BCUT2D eigenvalue weighted by molar-refractivity contribution is 6.63. The molecule has 2 fully saturated rings. The summed E-state index contributed by atoms with van der Waals surface area (Å²) in [7, 11) is -0.950. The summed E-state index contributed by atoms with van der Waals surface area (Å²) in [5.41, 5.74) is 12.1. The normalized spacial score (nSPS) is 16.7. The maximum atomic E-state index is 6.83. The number of hydrogen-bond acceptors (Lipinski definition) is 8. The number of hydrogen-bond donors (Lipinski definition) is 0. The van der Waals surface area contributed by atoms with Crippen molar-refractivity contribution in [2.45, 2.75) is 156 Å². The molecule has 0 N–H and O–H groups in total. The van der Waals surface area contributed by atoms with Crippen LogP contribution >= 0.6 is 0 Å². The lowest BCUT2D eigenvalue weighted by Crippen LogP contribution is -2.41. The first-order valence-corrected chi connectivity index (χ1v) is 28.1. The molecule has 0 amide bonds. The Morgan fingerprint density at radius 1 is 0.368 bits per heavy atom. The van der Waals surface area contributed by atoms with Gasteiger partial charge in [-0.3, -0.25) is 0 Å². The smallest absolute Gasteiger partial charge is 0.454 e. The fourth-order valence-electron chi connectivity index (χ4n) is 11.2. The number of fused-ring (bicyclic) bond motifs is 6. The van der Waals surface area contributed by atoms with Gasteiger partial charge in [-0.05, 0) is 176 Å². The number of anilines is 6. The van der Waals surface area contributed by atoms with Crippen molar-refractivity contribution in [3.05, 3.63) is 157 Å². The van der Waals surface area contributed by atoms with E-state index in [1.54, 1.807) is 0 Å². The van der Waals surface area contributed by atoms with Crippen LogP contribution in [0, 0.1) is 0 Å². The molecule has 0 atom stereocenters. The zero-order chi connectivity index (χ0) is 53.0. The highest BCUT2D eigenvalue weighted by atomic mass is 16.7. The molecular formula is C66H74B2N2O6. The second kappa shape index (κ2) is 20.6. The van der Waals surface area contributed by atoms with E-state index in [1.807, 2.05) is 12.1 Å². The minimum Gasteiger partial charge on any atom is -0.454 e. The largest absolute Gasteiger partial charge is 0.495 e. The molecule has 7 aromatic carbocycles. The van der Waals surface area contributed by atoms with Gasteiger partial charge < -0.3 is 37.3 Å². The Bertz CT molecular complexity index is 3270. The summed E-state index contributed by atoms with van der Waals surface area (Å²) in [6, 6.07) is 52.3. The molecule has 0 saturated carbocycles. The van der Waals surface area contributed by atoms with Crippen molar-refractivity contribution in [1.29, 1.82) is 0 Å². The summed E-state index contributed by atoms with van der Waals surface area (Å²) >= 11 is 0. The molecule has 0 aliphatic carbocycles. The summed E-state index contributed by atoms with van der Waals surface area (Å²) in [6.07, 6.45) is 11.0. The van der Waals surface area contributed by atoms with Crippen LogP contribution < -0.4 is 20.7 Å². The van der Waals surface area contributed by atoms with Crippen molar-refractivity contribution >= 4 is 103 Å². The monoisotopic (exact) mass is 1010 g/mol. The van der Waals surface area contributed by atoms with E-state index in [0.717, 1.165) is 127 Å². The van der Waals surface area contributed by atoms with Crippen LogP contribution in [0.2, 0.25) is 0 Å². The Morgan fingerprint density at radius 3 is 1.11 bits per heavy atom. The molecule has 11 rings (SSSR count). The van der Waals surface area contributed by atoms with Crippen molar-refractivity contribution in [1.82, 2.24) is 0 Å². The summed E-state index contributed by atoms with van der Waals surface area (Å²) < 4.78 is 40.6. The van der Waals surface area contributed by atoms with Crippen LogP contribution in [-0.4, -0.2) is 36.6 Å². The van der Waals surface area contributed by atoms with Gasteiger partial charge in [-0.2, -0.15) is 0 Å². The zero-order valence-electron chi connectivity index (χ0n) is 46.4. The fraction of sp³-hybridized carbons (Fsp3) is 0.364. The molecule has 390 valence electrons. The van der Waals surface area contributed by atoms with E-state index in [1.165, 1.54) is 36.8 Å². The maximum absolute atomic E-state index is 6.83. The number of furan rings is 2. The molecule has 4 heterocycles. The standard InChI is InChI=1S/C66H74B2N2O6/c1-11-13-15-17-25-45-43-49(39-41-55(45)67-73-63(3,4)64(5,6)74-67)69(57-31-23-29-53-51-27-19-21-33-59(51)71-61(53)57)47-35-37-48(38-36-47)70(58-32-24-30-54-52-28-20-22-34-60(52)72-62(54)58)50-40-42-56(46(44-50)26-18-16-14-12-2)68-75-65(7,8)66(9,10)76-68/h19-24,27-44H,11-18,25-26H2,1-10H3. The van der Waals surface area contributed by atoms with Gasteiger partial charge in [0.05, 0.1) is 33.8 Å². The van der Waals surface area contributed by atoms with E-state index in [9.17, 15) is 0 Å². The molecule has 2 aromatic heterocycles. The first-order chi connectivity index (χ1) is 36.6. The predicted octanol–water partition coefficient (Wildman–Crippen LogP) is 17.3. The van der Waals surface area contributed by atoms with Gasteiger partial charge in [-0.15, -0.1) is 0 Å². The highest BCUT2D eigenvalue weighted by Crippen LogP contribution is 2.47. The number of rotatable bonds is 18. The lowest BCUT2D eigenvalue weighted by atomic mass is 9.74. The molecule has 0 unspecified atom stereocenters. The summed E-state index contributed by atoms with van der Waals surface area (Å²) in [4.78, 5) is 4.71. The molecule has 0 radical (unpaired) electrons. The summed E-state index contributed by atoms with van der Waals surface area (Å²) in [6.45, 7) is 21.6. The predicted molar refractivity (Wildman–Crippen MR) is 317 cm³/mol. The second-order valence-electron chi connectivity index (χ2n) is 23.3. The number of unbranched alkanes of at least 4 members (excludes halogenated alkanes) is 6. The molecule has 2 saturated heterocycles. The number of nitrogens with zero attached hydrogens (tertiary/aromatic N) is 2. The Morgan fingerprint density at radius 2 is 0.724 bits per heavy atom. The molecule has 2 aliphatic heterocycles. The van der Waals surface area contributed by atoms with E-state index >= 15 is 0 Å². The topological polar surface area (TPSA) is 69.7 Å². The third kappa shape index (κ3) is 9.54. The van der Waals surface area contributed by atoms with Gasteiger partial charge >= 0.3 is 14.2 Å². The van der Waals surface area contributed by atoms with E-state index in [0.29, 0.717) is 0 Å². The second-order valence-corrected chi connectivity index (χ2v) is 23.3. The van der Waals surface area contributed by atoms with Crippen LogP contribution in [0.15, 0.2) is 154 Å². The van der Waals surface area contributed by atoms with Crippen molar-refractivity contribution in [3.63, 3.8) is 0 Å². The Labute approximate surface area is 450 Å². The van der Waals surface area contributed by atoms with Crippen molar-refractivity contribution in [3.8, 4) is 0 Å². The molecule has 9 aromatic rings. The summed E-state index contributed by atoms with van der Waals surface area (Å²) in [5, 5.41) is 4.32. The van der Waals surface area contributed by atoms with Crippen LogP contribution in [0.4, 0.5) is 34.1 Å². The Hall–Kier alpha value is -6.29. The van der Waals surface area contributed by atoms with Gasteiger partial charge in [-0.1, -0.05) is 125 Å². The number of para-hydroxylation sites is 4. The number of benzene rings is 7. The molecular weight excluding hydrogens is 938 g/mol. The highest BCUT2D eigenvalue weighted by Gasteiger charge is 2.53. The van der Waals surface area contributed by atoms with Crippen LogP contribution in [-0.2, 0) is 31.5 Å². The molecule has 2 aliphatic rings. The van der Waals surface area contributed by atoms with Crippen LogP contribution in [0.25, 0.3) is 43.9 Å². The van der Waals surface area contributed by atoms with Gasteiger partial charge in [0.25, 0.3) is 0 Å². The average molecular weight is 1010 g/mol. The van der Waals surface area contributed by atoms with Gasteiger partial charge in [0, 0.05) is 44.3 Å². The van der Waals surface area contributed by atoms with E-state index in [-0.39, 0.29) is 0 Å². The van der Waals surface area contributed by atoms with Crippen molar-refractivity contribution in [2.24, 2.45) is 0 Å². The fourth-order valence-corrected chi connectivity index (χ4v) is 11.2. The molecule has 0 spiro atoms. The maximum Gasteiger partial charge on any atom is 0.495 e. The van der Waals surface area contributed by atoms with Crippen LogP contribution in [0.3, 0.4) is 0 Å². The Kier molecular flexibility index (Phi) is 14.0. The third-order valence-electron chi connectivity index (χ3n) is 17.0. The summed E-state index contributed by atoms with van der Waals surface area (Å²) in [5.74, 6) is 0. The third-order valence-corrected chi connectivity index (χ3v) is 17.0. The minimum absolute atomic E-state index is 0.463. The molecule has 0 bridgehead atoms. The van der Waals surface area contributed by atoms with Gasteiger partial charge in [0.1, 0.15) is 11.2 Å². The molecule has 8 nitrogen and oxygen atoms in total. The van der Waals surface area contributed by atoms with Gasteiger partial charge in [0.2, 0.25) is 0 Å².